The lowest BCUT2D eigenvalue weighted by molar-refractivity contribution is -0.157. The number of halogens is 1. The zero-order valence-electron chi connectivity index (χ0n) is 17.0. The summed E-state index contributed by atoms with van der Waals surface area (Å²) in [5.41, 5.74) is 0.371. The van der Waals surface area contributed by atoms with Crippen molar-refractivity contribution in [1.29, 1.82) is 0 Å². The van der Waals surface area contributed by atoms with Crippen molar-refractivity contribution in [3.8, 4) is 0 Å². The summed E-state index contributed by atoms with van der Waals surface area (Å²) >= 11 is 5.92. The van der Waals surface area contributed by atoms with Gasteiger partial charge in [-0.25, -0.2) is 14.4 Å². The summed E-state index contributed by atoms with van der Waals surface area (Å²) in [4.78, 5) is 50.0. The summed E-state index contributed by atoms with van der Waals surface area (Å²) in [7, 11) is 0. The van der Waals surface area contributed by atoms with E-state index in [4.69, 9.17) is 21.1 Å². The molecule has 8 nitrogen and oxygen atoms in total. The number of carboxylic acids is 1. The second-order valence-corrected chi connectivity index (χ2v) is 7.16. The van der Waals surface area contributed by atoms with Crippen molar-refractivity contribution in [3.05, 3.63) is 101 Å². The molecule has 3 aromatic rings. The fourth-order valence-electron chi connectivity index (χ4n) is 2.79. The molecule has 0 aliphatic heterocycles. The summed E-state index contributed by atoms with van der Waals surface area (Å²) in [6.07, 6.45) is -4.12. The van der Waals surface area contributed by atoms with Gasteiger partial charge in [-0.05, 0) is 42.5 Å². The number of rotatable bonds is 8. The standard InChI is InChI=1S/C24H18ClNO7/c25-17-12-7-13-18(14-17)26-21(27)19(32-23(30)15-8-3-1-4-9-15)20(22(28)29)33-24(31)16-10-5-2-6-11-16/h1-14,19-20H,(H,26,27)(H,28,29)/t19-,20+/m0/s1. The minimum Gasteiger partial charge on any atom is -0.478 e. The number of anilines is 1. The maximum absolute atomic E-state index is 13.0. The van der Waals surface area contributed by atoms with Crippen LogP contribution in [0.3, 0.4) is 0 Å². The minimum atomic E-state index is -2.12. The van der Waals surface area contributed by atoms with Gasteiger partial charge in [0.2, 0.25) is 12.2 Å². The number of nitrogens with one attached hydrogen (secondary N) is 1. The number of ether oxygens (including phenoxy) is 2. The number of carbonyl (C=O) groups is 4. The van der Waals surface area contributed by atoms with E-state index < -0.39 is 36.0 Å². The van der Waals surface area contributed by atoms with Crippen LogP contribution in [-0.4, -0.2) is 41.1 Å². The average Bonchev–Trinajstić information content (AvgIpc) is 2.82. The molecule has 0 aromatic heterocycles. The second kappa shape index (κ2) is 10.9. The van der Waals surface area contributed by atoms with Crippen molar-refractivity contribution in [1.82, 2.24) is 0 Å². The molecule has 0 radical (unpaired) electrons. The lowest BCUT2D eigenvalue weighted by Gasteiger charge is -2.23. The van der Waals surface area contributed by atoms with Crippen molar-refractivity contribution in [2.75, 3.05) is 5.32 Å². The number of carboxylic acid groups (broad SMARTS) is 1. The third-order valence-corrected chi connectivity index (χ3v) is 4.59. The molecule has 0 saturated heterocycles. The van der Waals surface area contributed by atoms with Gasteiger partial charge in [-0.2, -0.15) is 0 Å². The Morgan fingerprint density at radius 2 is 1.24 bits per heavy atom. The van der Waals surface area contributed by atoms with E-state index in [1.807, 2.05) is 0 Å². The van der Waals surface area contributed by atoms with Crippen molar-refractivity contribution >= 4 is 41.1 Å². The third-order valence-electron chi connectivity index (χ3n) is 4.36. The lowest BCUT2D eigenvalue weighted by Crippen LogP contribution is -2.48. The highest BCUT2D eigenvalue weighted by Gasteiger charge is 2.41. The van der Waals surface area contributed by atoms with E-state index in [1.54, 1.807) is 48.5 Å². The summed E-state index contributed by atoms with van der Waals surface area (Å²) in [6, 6.07) is 21.3. The van der Waals surface area contributed by atoms with E-state index in [-0.39, 0.29) is 16.8 Å². The van der Waals surface area contributed by atoms with Gasteiger partial charge in [-0.1, -0.05) is 54.1 Å². The van der Waals surface area contributed by atoms with Crippen LogP contribution in [-0.2, 0) is 19.1 Å². The quantitative estimate of drug-likeness (QED) is 0.483. The summed E-state index contributed by atoms with van der Waals surface area (Å²) < 4.78 is 10.3. The smallest absolute Gasteiger partial charge is 0.349 e. The molecule has 0 spiro atoms. The molecule has 1 amide bonds. The van der Waals surface area contributed by atoms with Crippen LogP contribution in [0.5, 0.6) is 0 Å². The zero-order chi connectivity index (χ0) is 23.8. The van der Waals surface area contributed by atoms with Crippen LogP contribution in [0.4, 0.5) is 5.69 Å². The Morgan fingerprint density at radius 3 is 1.73 bits per heavy atom. The fourth-order valence-corrected chi connectivity index (χ4v) is 2.98. The first-order chi connectivity index (χ1) is 15.8. The molecule has 0 heterocycles. The van der Waals surface area contributed by atoms with Gasteiger partial charge in [0.05, 0.1) is 11.1 Å². The van der Waals surface area contributed by atoms with Crippen molar-refractivity contribution in [2.45, 2.75) is 12.2 Å². The summed E-state index contributed by atoms with van der Waals surface area (Å²) in [5.74, 6) is -4.66. The SMILES string of the molecule is O=C(O[C@H](C(=O)Nc1cccc(Cl)c1)[C@@H](OC(=O)c1ccccc1)C(=O)O)c1ccccc1. The second-order valence-electron chi connectivity index (χ2n) is 6.72. The van der Waals surface area contributed by atoms with Gasteiger partial charge in [0.15, 0.2) is 0 Å². The highest BCUT2D eigenvalue weighted by molar-refractivity contribution is 6.30. The number of amides is 1. The molecule has 33 heavy (non-hydrogen) atoms. The third kappa shape index (κ3) is 6.41. The Labute approximate surface area is 193 Å². The van der Waals surface area contributed by atoms with E-state index in [1.165, 1.54) is 36.4 Å². The molecule has 3 rings (SSSR count). The first-order valence-electron chi connectivity index (χ1n) is 9.66. The maximum atomic E-state index is 13.0. The number of esters is 2. The van der Waals surface area contributed by atoms with Gasteiger partial charge in [0.1, 0.15) is 0 Å². The molecular weight excluding hydrogens is 450 g/mol. The Morgan fingerprint density at radius 1 is 0.727 bits per heavy atom. The van der Waals surface area contributed by atoms with Crippen molar-refractivity contribution in [2.24, 2.45) is 0 Å². The number of carbonyl (C=O) groups excluding carboxylic acids is 3. The number of hydrogen-bond donors (Lipinski definition) is 2. The van der Waals surface area contributed by atoms with Crippen molar-refractivity contribution < 1.29 is 33.8 Å². The molecule has 0 unspecified atom stereocenters. The highest BCUT2D eigenvalue weighted by Crippen LogP contribution is 2.18. The van der Waals surface area contributed by atoms with Crippen LogP contribution in [0.15, 0.2) is 84.9 Å². The van der Waals surface area contributed by atoms with Crippen LogP contribution in [0, 0.1) is 0 Å². The fraction of sp³-hybridized carbons (Fsp3) is 0.0833. The summed E-state index contributed by atoms with van der Waals surface area (Å²) in [5, 5.41) is 12.5. The number of aliphatic carboxylic acids is 1. The predicted molar refractivity (Wildman–Crippen MR) is 119 cm³/mol. The van der Waals surface area contributed by atoms with E-state index in [0.29, 0.717) is 5.02 Å². The molecule has 0 bridgehead atoms. The van der Waals surface area contributed by atoms with Gasteiger partial charge in [-0.3, -0.25) is 4.79 Å². The normalized spacial score (nSPS) is 12.2. The van der Waals surface area contributed by atoms with Gasteiger partial charge < -0.3 is 19.9 Å². The zero-order valence-corrected chi connectivity index (χ0v) is 17.8. The largest absolute Gasteiger partial charge is 0.478 e. The van der Waals surface area contributed by atoms with Gasteiger partial charge in [0, 0.05) is 10.7 Å². The molecule has 168 valence electrons. The van der Waals surface area contributed by atoms with E-state index in [9.17, 15) is 24.3 Å². The highest BCUT2D eigenvalue weighted by atomic mass is 35.5. The Balaban J connectivity index is 1.90. The number of hydrogen-bond acceptors (Lipinski definition) is 6. The lowest BCUT2D eigenvalue weighted by atomic mass is 10.1. The molecule has 0 fully saturated rings. The maximum Gasteiger partial charge on any atom is 0.349 e. The van der Waals surface area contributed by atoms with Gasteiger partial charge in [0.25, 0.3) is 5.91 Å². The van der Waals surface area contributed by atoms with E-state index in [2.05, 4.69) is 5.32 Å². The Hall–Kier alpha value is -4.17. The van der Waals surface area contributed by atoms with E-state index in [0.717, 1.165) is 0 Å². The van der Waals surface area contributed by atoms with Crippen LogP contribution < -0.4 is 5.32 Å². The topological polar surface area (TPSA) is 119 Å². The molecule has 0 aliphatic carbocycles. The van der Waals surface area contributed by atoms with Gasteiger partial charge >= 0.3 is 17.9 Å². The molecule has 0 aliphatic rings. The van der Waals surface area contributed by atoms with Crippen LogP contribution in [0.1, 0.15) is 20.7 Å². The van der Waals surface area contributed by atoms with Crippen LogP contribution in [0.25, 0.3) is 0 Å². The van der Waals surface area contributed by atoms with Crippen molar-refractivity contribution in [3.63, 3.8) is 0 Å². The average molecular weight is 468 g/mol. The first kappa shape index (κ1) is 23.5. The predicted octanol–water partition coefficient (Wildman–Crippen LogP) is 3.81. The molecule has 2 N–H and O–H groups in total. The molecule has 2 atom stereocenters. The molecular formula is C24H18ClNO7. The van der Waals surface area contributed by atoms with Crippen LogP contribution >= 0.6 is 11.6 Å². The molecule has 9 heteroatoms. The number of benzene rings is 3. The van der Waals surface area contributed by atoms with Crippen LogP contribution in [0.2, 0.25) is 5.02 Å². The molecule has 3 aromatic carbocycles. The van der Waals surface area contributed by atoms with E-state index >= 15 is 0 Å². The minimum absolute atomic E-state index is 0.0622. The Kier molecular flexibility index (Phi) is 7.77. The monoisotopic (exact) mass is 467 g/mol. The molecule has 0 saturated carbocycles. The Bertz CT molecular complexity index is 1150. The first-order valence-corrected chi connectivity index (χ1v) is 10.0. The van der Waals surface area contributed by atoms with Gasteiger partial charge in [-0.15, -0.1) is 0 Å². The summed E-state index contributed by atoms with van der Waals surface area (Å²) in [6.45, 7) is 0.